The molecule has 3 aromatic rings. The van der Waals surface area contributed by atoms with Crippen LogP contribution in [0.5, 0.6) is 5.75 Å². The maximum Gasteiger partial charge on any atom is 0.433 e. The summed E-state index contributed by atoms with van der Waals surface area (Å²) in [6, 6.07) is 8.81. The molecule has 0 fully saturated rings. The first-order valence-electron chi connectivity index (χ1n) is 6.70. The molecular weight excluding hydrogens is 325 g/mol. The molecule has 0 unspecified atom stereocenters. The number of benzene rings is 1. The zero-order valence-corrected chi connectivity index (χ0v) is 12.3. The smallest absolute Gasteiger partial charge is 0.433 e. The Morgan fingerprint density at radius 1 is 1.00 bits per heavy atom. The van der Waals surface area contributed by atoms with Crippen LogP contribution in [-0.4, -0.2) is 22.3 Å². The highest BCUT2D eigenvalue weighted by atomic mass is 19.4. The predicted octanol–water partition coefficient (Wildman–Crippen LogP) is 3.41. The lowest BCUT2D eigenvalue weighted by Gasteiger charge is -2.07. The van der Waals surface area contributed by atoms with Gasteiger partial charge in [0, 0.05) is 5.56 Å². The highest BCUT2D eigenvalue weighted by molar-refractivity contribution is 5.68. The van der Waals surface area contributed by atoms with Crippen molar-refractivity contribution in [3.63, 3.8) is 0 Å². The fourth-order valence-corrected chi connectivity index (χ4v) is 2.00. The number of methoxy groups -OCH3 is 1. The van der Waals surface area contributed by atoms with Crippen LogP contribution in [0.1, 0.15) is 5.69 Å². The summed E-state index contributed by atoms with van der Waals surface area (Å²) in [4.78, 5) is 3.33. The molecule has 0 bridgehead atoms. The van der Waals surface area contributed by atoms with Crippen molar-refractivity contribution in [3.8, 4) is 28.7 Å². The number of nitrogens with zero attached hydrogens (tertiary/aromatic N) is 3. The van der Waals surface area contributed by atoms with Crippen molar-refractivity contribution in [2.75, 3.05) is 12.8 Å². The fourth-order valence-electron chi connectivity index (χ4n) is 2.00. The number of pyridine rings is 1. The molecule has 0 aliphatic rings. The highest BCUT2D eigenvalue weighted by Crippen LogP contribution is 2.32. The molecule has 6 nitrogen and oxygen atoms in total. The van der Waals surface area contributed by atoms with E-state index < -0.39 is 11.9 Å². The largest absolute Gasteiger partial charge is 0.497 e. The molecule has 124 valence electrons. The molecule has 3 rings (SSSR count). The summed E-state index contributed by atoms with van der Waals surface area (Å²) >= 11 is 0. The van der Waals surface area contributed by atoms with E-state index >= 15 is 0 Å². The second-order valence-corrected chi connectivity index (χ2v) is 4.77. The van der Waals surface area contributed by atoms with Gasteiger partial charge in [-0.3, -0.25) is 0 Å². The van der Waals surface area contributed by atoms with E-state index in [4.69, 9.17) is 14.9 Å². The molecule has 0 spiro atoms. The van der Waals surface area contributed by atoms with Gasteiger partial charge in [-0.1, -0.05) is 0 Å². The molecule has 0 saturated heterocycles. The molecule has 0 aliphatic carbocycles. The summed E-state index contributed by atoms with van der Waals surface area (Å²) in [5.74, 6) is 0.510. The number of aromatic nitrogens is 3. The van der Waals surface area contributed by atoms with Crippen molar-refractivity contribution in [1.82, 2.24) is 15.2 Å². The zero-order chi connectivity index (χ0) is 17.3. The number of hydrogen-bond acceptors (Lipinski definition) is 6. The Morgan fingerprint density at radius 2 is 1.67 bits per heavy atom. The lowest BCUT2D eigenvalue weighted by atomic mass is 10.2. The Balaban J connectivity index is 1.93. The third-order valence-corrected chi connectivity index (χ3v) is 3.21. The Labute approximate surface area is 134 Å². The molecule has 2 heterocycles. The summed E-state index contributed by atoms with van der Waals surface area (Å²) < 4.78 is 48.4. The number of anilines is 1. The second kappa shape index (κ2) is 5.84. The van der Waals surface area contributed by atoms with Crippen molar-refractivity contribution >= 4 is 5.82 Å². The number of hydrogen-bond donors (Lipinski definition) is 1. The molecule has 0 atom stereocenters. The highest BCUT2D eigenvalue weighted by Gasteiger charge is 2.33. The van der Waals surface area contributed by atoms with Crippen molar-refractivity contribution in [3.05, 3.63) is 42.1 Å². The molecule has 0 saturated carbocycles. The molecule has 2 aromatic heterocycles. The van der Waals surface area contributed by atoms with Gasteiger partial charge in [-0.2, -0.15) is 13.2 Å². The monoisotopic (exact) mass is 336 g/mol. The van der Waals surface area contributed by atoms with Gasteiger partial charge in [-0.05, 0) is 36.4 Å². The van der Waals surface area contributed by atoms with Crippen LogP contribution in [0.2, 0.25) is 0 Å². The van der Waals surface area contributed by atoms with E-state index in [9.17, 15) is 13.2 Å². The second-order valence-electron chi connectivity index (χ2n) is 4.77. The Hall–Kier alpha value is -3.10. The first-order chi connectivity index (χ1) is 11.4. The Kier molecular flexibility index (Phi) is 3.84. The SMILES string of the molecule is COc1ccc(-c2nnc(-c3ccc(C(F)(F)F)nc3N)o2)cc1. The van der Waals surface area contributed by atoms with Crippen LogP contribution in [0.25, 0.3) is 22.9 Å². The number of alkyl halides is 3. The van der Waals surface area contributed by atoms with Crippen LogP contribution in [0.15, 0.2) is 40.8 Å². The van der Waals surface area contributed by atoms with E-state index in [1.54, 1.807) is 31.4 Å². The average molecular weight is 336 g/mol. The average Bonchev–Trinajstić information content (AvgIpc) is 3.03. The predicted molar refractivity (Wildman–Crippen MR) is 78.9 cm³/mol. The van der Waals surface area contributed by atoms with E-state index in [1.807, 2.05) is 0 Å². The Morgan fingerprint density at radius 3 is 2.25 bits per heavy atom. The molecule has 1 aromatic carbocycles. The van der Waals surface area contributed by atoms with Crippen molar-refractivity contribution in [2.24, 2.45) is 0 Å². The summed E-state index contributed by atoms with van der Waals surface area (Å²) in [7, 11) is 1.54. The van der Waals surface area contributed by atoms with E-state index in [-0.39, 0.29) is 23.2 Å². The van der Waals surface area contributed by atoms with Gasteiger partial charge in [0.1, 0.15) is 17.3 Å². The first-order valence-corrected chi connectivity index (χ1v) is 6.70. The normalized spacial score (nSPS) is 11.5. The lowest BCUT2D eigenvalue weighted by Crippen LogP contribution is -2.09. The van der Waals surface area contributed by atoms with Crippen LogP contribution in [-0.2, 0) is 6.18 Å². The lowest BCUT2D eigenvalue weighted by molar-refractivity contribution is -0.141. The summed E-state index contributed by atoms with van der Waals surface area (Å²) in [6.07, 6.45) is -4.57. The third kappa shape index (κ3) is 3.00. The molecular formula is C15H11F3N4O2. The minimum Gasteiger partial charge on any atom is -0.497 e. The van der Waals surface area contributed by atoms with Crippen LogP contribution in [0.3, 0.4) is 0 Å². The number of nitrogen functional groups attached to an aromatic ring is 1. The van der Waals surface area contributed by atoms with Gasteiger partial charge in [-0.25, -0.2) is 4.98 Å². The summed E-state index contributed by atoms with van der Waals surface area (Å²) in [6.45, 7) is 0. The van der Waals surface area contributed by atoms with Crippen LogP contribution in [0, 0.1) is 0 Å². The third-order valence-electron chi connectivity index (χ3n) is 3.21. The summed E-state index contributed by atoms with van der Waals surface area (Å²) in [5, 5.41) is 7.68. The van der Waals surface area contributed by atoms with Gasteiger partial charge >= 0.3 is 6.18 Å². The molecule has 24 heavy (non-hydrogen) atoms. The van der Waals surface area contributed by atoms with Crippen LogP contribution >= 0.6 is 0 Å². The number of halogens is 3. The number of nitrogens with two attached hydrogens (primary N) is 1. The zero-order valence-electron chi connectivity index (χ0n) is 12.3. The van der Waals surface area contributed by atoms with Crippen molar-refractivity contribution in [2.45, 2.75) is 6.18 Å². The minimum absolute atomic E-state index is 0.0143. The minimum atomic E-state index is -4.57. The van der Waals surface area contributed by atoms with Gasteiger partial charge < -0.3 is 14.9 Å². The van der Waals surface area contributed by atoms with Crippen molar-refractivity contribution in [1.29, 1.82) is 0 Å². The van der Waals surface area contributed by atoms with Crippen LogP contribution in [0.4, 0.5) is 19.0 Å². The molecule has 0 aliphatic heterocycles. The fraction of sp³-hybridized carbons (Fsp3) is 0.133. The van der Waals surface area contributed by atoms with Gasteiger partial charge in [0.05, 0.1) is 12.7 Å². The standard InChI is InChI=1S/C15H11F3N4O2/c1-23-9-4-2-8(3-5-9)13-21-22-14(24-13)10-6-7-11(15(16,17)18)20-12(10)19/h2-7H,1H3,(H2,19,20). The first kappa shape index (κ1) is 15.8. The van der Waals surface area contributed by atoms with Gasteiger partial charge in [-0.15, -0.1) is 10.2 Å². The summed E-state index contributed by atoms with van der Waals surface area (Å²) in [5.41, 5.74) is 5.26. The van der Waals surface area contributed by atoms with E-state index in [0.29, 0.717) is 11.3 Å². The number of rotatable bonds is 3. The maximum absolute atomic E-state index is 12.6. The van der Waals surface area contributed by atoms with E-state index in [0.717, 1.165) is 12.1 Å². The molecule has 9 heteroatoms. The topological polar surface area (TPSA) is 87.1 Å². The van der Waals surface area contributed by atoms with Gasteiger partial charge in [0.15, 0.2) is 0 Å². The quantitative estimate of drug-likeness (QED) is 0.789. The van der Waals surface area contributed by atoms with E-state index in [2.05, 4.69) is 15.2 Å². The Bertz CT molecular complexity index is 860. The van der Waals surface area contributed by atoms with Crippen molar-refractivity contribution < 1.29 is 22.3 Å². The van der Waals surface area contributed by atoms with E-state index in [1.165, 1.54) is 0 Å². The molecule has 0 radical (unpaired) electrons. The molecule has 2 N–H and O–H groups in total. The van der Waals surface area contributed by atoms with Crippen LogP contribution < -0.4 is 10.5 Å². The number of ether oxygens (including phenoxy) is 1. The maximum atomic E-state index is 12.6. The van der Waals surface area contributed by atoms with Gasteiger partial charge in [0.25, 0.3) is 5.89 Å². The van der Waals surface area contributed by atoms with Gasteiger partial charge in [0.2, 0.25) is 5.89 Å². The molecule has 0 amide bonds.